The van der Waals surface area contributed by atoms with Crippen molar-refractivity contribution in [1.29, 1.82) is 0 Å². The molecule has 2 aromatic rings. The molecule has 1 saturated heterocycles. The molecule has 1 aliphatic heterocycles. The van der Waals surface area contributed by atoms with E-state index >= 15 is 0 Å². The van der Waals surface area contributed by atoms with Crippen LogP contribution in [0.4, 0.5) is 10.1 Å². The lowest BCUT2D eigenvalue weighted by Gasteiger charge is -2.20. The number of oxime groups is 1. The Kier molecular flexibility index (Phi) is 10.6. The SMILES string of the molecule is CO/C(=N\CCCBr)N(C)c1ccc(COc2cc(F)cc(ON=CC3CCOCC3)c2)cc1. The van der Waals surface area contributed by atoms with Crippen molar-refractivity contribution in [3.63, 3.8) is 0 Å². The van der Waals surface area contributed by atoms with Crippen LogP contribution >= 0.6 is 15.9 Å². The third-order valence-electron chi connectivity index (χ3n) is 5.28. The van der Waals surface area contributed by atoms with E-state index in [0.29, 0.717) is 30.0 Å². The minimum atomic E-state index is -0.447. The summed E-state index contributed by atoms with van der Waals surface area (Å²) in [5.74, 6) is 0.539. The average molecular weight is 536 g/mol. The quantitative estimate of drug-likeness (QED) is 0.133. The van der Waals surface area contributed by atoms with Gasteiger partial charge < -0.3 is 19.0 Å². The Hall–Kier alpha value is -2.65. The summed E-state index contributed by atoms with van der Waals surface area (Å²) in [5, 5.41) is 4.90. The second kappa shape index (κ2) is 13.9. The van der Waals surface area contributed by atoms with Gasteiger partial charge >= 0.3 is 0 Å². The highest BCUT2D eigenvalue weighted by molar-refractivity contribution is 9.09. The van der Waals surface area contributed by atoms with Gasteiger partial charge in [0.2, 0.25) is 0 Å². The van der Waals surface area contributed by atoms with Crippen LogP contribution < -0.4 is 14.5 Å². The number of alkyl halides is 1. The first kappa shape index (κ1) is 26.0. The third-order valence-corrected chi connectivity index (χ3v) is 5.84. The van der Waals surface area contributed by atoms with Gasteiger partial charge in [-0.1, -0.05) is 33.2 Å². The molecule has 0 bridgehead atoms. The molecule has 184 valence electrons. The van der Waals surface area contributed by atoms with Crippen molar-refractivity contribution in [2.24, 2.45) is 16.1 Å². The number of halogens is 2. The number of aliphatic imine (C=N–C) groups is 1. The Morgan fingerprint density at radius 3 is 2.62 bits per heavy atom. The van der Waals surface area contributed by atoms with E-state index in [0.717, 1.165) is 49.1 Å². The minimum absolute atomic E-state index is 0.286. The lowest BCUT2D eigenvalue weighted by Crippen LogP contribution is -2.28. The van der Waals surface area contributed by atoms with Crippen molar-refractivity contribution in [1.82, 2.24) is 0 Å². The predicted octanol–water partition coefficient (Wildman–Crippen LogP) is 5.42. The summed E-state index contributed by atoms with van der Waals surface area (Å²) in [7, 11) is 3.51. The number of methoxy groups -OCH3 is 1. The van der Waals surface area contributed by atoms with Gasteiger partial charge in [-0.15, -0.1) is 0 Å². The van der Waals surface area contributed by atoms with Gasteiger partial charge in [-0.2, -0.15) is 0 Å². The summed E-state index contributed by atoms with van der Waals surface area (Å²) >= 11 is 3.40. The maximum atomic E-state index is 14.0. The minimum Gasteiger partial charge on any atom is -0.489 e. The zero-order chi connectivity index (χ0) is 24.2. The van der Waals surface area contributed by atoms with Crippen molar-refractivity contribution in [3.05, 3.63) is 53.8 Å². The third kappa shape index (κ3) is 8.29. The molecule has 0 unspecified atom stereocenters. The molecule has 1 aliphatic rings. The van der Waals surface area contributed by atoms with Crippen LogP contribution in [0.25, 0.3) is 0 Å². The van der Waals surface area contributed by atoms with E-state index in [1.54, 1.807) is 19.4 Å². The van der Waals surface area contributed by atoms with E-state index in [-0.39, 0.29) is 6.61 Å². The molecule has 3 rings (SSSR count). The van der Waals surface area contributed by atoms with Gasteiger partial charge in [0.1, 0.15) is 18.2 Å². The van der Waals surface area contributed by atoms with E-state index in [9.17, 15) is 4.39 Å². The molecular formula is C25H31BrFN3O4. The lowest BCUT2D eigenvalue weighted by atomic mass is 10.0. The highest BCUT2D eigenvalue weighted by Crippen LogP contribution is 2.24. The van der Waals surface area contributed by atoms with E-state index in [1.807, 2.05) is 36.2 Å². The maximum Gasteiger partial charge on any atom is 0.291 e. The summed E-state index contributed by atoms with van der Waals surface area (Å²) in [6, 6.07) is 12.6. The number of hydrogen-bond donors (Lipinski definition) is 0. The second-order valence-electron chi connectivity index (χ2n) is 7.84. The van der Waals surface area contributed by atoms with Gasteiger partial charge in [0.25, 0.3) is 6.02 Å². The summed E-state index contributed by atoms with van der Waals surface area (Å²) in [5.41, 5.74) is 1.88. The molecule has 0 atom stereocenters. The average Bonchev–Trinajstić information content (AvgIpc) is 2.86. The molecule has 1 heterocycles. The molecule has 0 aromatic heterocycles. The van der Waals surface area contributed by atoms with Crippen molar-refractivity contribution in [2.45, 2.75) is 25.9 Å². The van der Waals surface area contributed by atoms with E-state index < -0.39 is 5.82 Å². The van der Waals surface area contributed by atoms with Gasteiger partial charge in [-0.3, -0.25) is 4.90 Å². The Morgan fingerprint density at radius 2 is 1.91 bits per heavy atom. The van der Waals surface area contributed by atoms with Crippen LogP contribution in [0.1, 0.15) is 24.8 Å². The van der Waals surface area contributed by atoms with E-state index in [1.165, 1.54) is 12.1 Å². The zero-order valence-electron chi connectivity index (χ0n) is 19.6. The molecule has 0 amide bonds. The molecule has 0 N–H and O–H groups in total. The van der Waals surface area contributed by atoms with Crippen LogP contribution in [-0.4, -0.2) is 51.5 Å². The van der Waals surface area contributed by atoms with Crippen LogP contribution in [0.2, 0.25) is 0 Å². The number of benzene rings is 2. The van der Waals surface area contributed by atoms with Gasteiger partial charge in [-0.05, 0) is 37.0 Å². The van der Waals surface area contributed by atoms with Crippen molar-refractivity contribution < 1.29 is 23.4 Å². The normalized spacial score (nSPS) is 14.9. The van der Waals surface area contributed by atoms with E-state index in [4.69, 9.17) is 19.0 Å². The summed E-state index contributed by atoms with van der Waals surface area (Å²) in [4.78, 5) is 11.7. The Morgan fingerprint density at radius 1 is 1.18 bits per heavy atom. The fraction of sp³-hybridized carbons (Fsp3) is 0.440. The highest BCUT2D eigenvalue weighted by atomic mass is 79.9. The highest BCUT2D eigenvalue weighted by Gasteiger charge is 2.12. The van der Waals surface area contributed by atoms with Gasteiger partial charge in [0.15, 0.2) is 5.75 Å². The van der Waals surface area contributed by atoms with Gasteiger partial charge in [-0.25, -0.2) is 9.38 Å². The molecule has 2 aromatic carbocycles. The first-order valence-corrected chi connectivity index (χ1v) is 12.4. The molecule has 0 radical (unpaired) electrons. The van der Waals surface area contributed by atoms with Gasteiger partial charge in [0, 0.05) is 68.2 Å². The smallest absolute Gasteiger partial charge is 0.291 e. The monoisotopic (exact) mass is 535 g/mol. The number of hydrogen-bond acceptors (Lipinski definition) is 6. The molecule has 7 nitrogen and oxygen atoms in total. The zero-order valence-corrected chi connectivity index (χ0v) is 21.2. The second-order valence-corrected chi connectivity index (χ2v) is 8.64. The van der Waals surface area contributed by atoms with Crippen LogP contribution in [-0.2, 0) is 16.1 Å². The largest absolute Gasteiger partial charge is 0.489 e. The fourth-order valence-corrected chi connectivity index (χ4v) is 3.60. The first-order chi connectivity index (χ1) is 16.6. The van der Waals surface area contributed by atoms with Gasteiger partial charge in [0.05, 0.1) is 7.11 Å². The predicted molar refractivity (Wildman–Crippen MR) is 136 cm³/mol. The molecule has 0 aliphatic carbocycles. The molecule has 1 fully saturated rings. The molecular weight excluding hydrogens is 505 g/mol. The summed E-state index contributed by atoms with van der Waals surface area (Å²) < 4.78 is 30.6. The number of ether oxygens (including phenoxy) is 3. The van der Waals surface area contributed by atoms with Crippen LogP contribution in [0, 0.1) is 11.7 Å². The number of amidine groups is 1. The summed E-state index contributed by atoms with van der Waals surface area (Å²) in [6.07, 6.45) is 4.52. The lowest BCUT2D eigenvalue weighted by molar-refractivity contribution is 0.0833. The van der Waals surface area contributed by atoms with Crippen molar-refractivity contribution in [2.75, 3.05) is 44.1 Å². The Labute approximate surface area is 208 Å². The Bertz CT molecular complexity index is 950. The number of rotatable bonds is 10. The maximum absolute atomic E-state index is 14.0. The molecule has 34 heavy (non-hydrogen) atoms. The summed E-state index contributed by atoms with van der Waals surface area (Å²) in [6.45, 7) is 2.43. The fourth-order valence-electron chi connectivity index (χ4n) is 3.35. The van der Waals surface area contributed by atoms with Crippen molar-refractivity contribution in [3.8, 4) is 11.5 Å². The Balaban J connectivity index is 1.55. The van der Waals surface area contributed by atoms with Crippen LogP contribution in [0.5, 0.6) is 11.5 Å². The van der Waals surface area contributed by atoms with Crippen LogP contribution in [0.3, 0.4) is 0 Å². The standard InChI is InChI=1S/C25H31BrFN3O4/c1-30(25(31-2)28-11-3-10-26)22-6-4-20(5-7-22)18-33-23-14-21(27)15-24(16-23)34-29-17-19-8-12-32-13-9-19/h4-7,14-17,19H,3,8-13,18H2,1-2H3/b28-25-,29-17?. The van der Waals surface area contributed by atoms with Crippen LogP contribution in [0.15, 0.2) is 52.6 Å². The molecule has 0 saturated carbocycles. The van der Waals surface area contributed by atoms with E-state index in [2.05, 4.69) is 26.1 Å². The molecule has 9 heteroatoms. The number of anilines is 1. The topological polar surface area (TPSA) is 64.9 Å². The van der Waals surface area contributed by atoms with Crippen molar-refractivity contribution >= 4 is 33.9 Å². The first-order valence-electron chi connectivity index (χ1n) is 11.3. The number of nitrogens with zero attached hydrogens (tertiary/aromatic N) is 3. The molecule has 0 spiro atoms.